The fourth-order valence-electron chi connectivity index (χ4n) is 1.18. The molecule has 1 unspecified atom stereocenters. The van der Waals surface area contributed by atoms with Crippen LogP contribution in [0.2, 0.25) is 0 Å². The molecule has 0 spiro atoms. The predicted molar refractivity (Wildman–Crippen MR) is 58.2 cm³/mol. The molecule has 0 saturated heterocycles. The number of ether oxygens (including phenoxy) is 1. The summed E-state index contributed by atoms with van der Waals surface area (Å²) in [5, 5.41) is 2.91. The second-order valence-corrected chi connectivity index (χ2v) is 3.32. The van der Waals surface area contributed by atoms with Gasteiger partial charge >= 0.3 is 0 Å². The molecule has 0 aromatic heterocycles. The van der Waals surface area contributed by atoms with Gasteiger partial charge in [0.1, 0.15) is 6.10 Å². The van der Waals surface area contributed by atoms with Crippen molar-refractivity contribution in [3.8, 4) is 18.1 Å². The molecule has 1 aromatic rings. The number of nitrogens with one attached hydrogen (secondary N) is 1. The minimum atomic E-state index is -0.966. The Balaban J connectivity index is 2.53. The van der Waals surface area contributed by atoms with Gasteiger partial charge in [0, 0.05) is 6.54 Å². The van der Waals surface area contributed by atoms with E-state index in [1.807, 2.05) is 0 Å². The van der Waals surface area contributed by atoms with Crippen molar-refractivity contribution >= 4 is 0 Å². The maximum atomic E-state index is 13.2. The molecule has 1 rings (SSSR count). The van der Waals surface area contributed by atoms with Crippen molar-refractivity contribution in [3.63, 3.8) is 0 Å². The van der Waals surface area contributed by atoms with Crippen LogP contribution in [0.3, 0.4) is 0 Å². The van der Waals surface area contributed by atoms with Crippen LogP contribution in [0, 0.1) is 24.0 Å². The minimum absolute atomic E-state index is 0.0880. The lowest BCUT2D eigenvalue weighted by Crippen LogP contribution is -2.29. The first-order valence-electron chi connectivity index (χ1n) is 4.90. The normalized spacial score (nSPS) is 11.9. The molecule has 16 heavy (non-hydrogen) atoms. The lowest BCUT2D eigenvalue weighted by molar-refractivity contribution is 0.207. The molecule has 0 aliphatic carbocycles. The Hall–Kier alpha value is -1.60. The number of hydrogen-bond acceptors (Lipinski definition) is 2. The highest BCUT2D eigenvalue weighted by Gasteiger charge is 2.11. The summed E-state index contributed by atoms with van der Waals surface area (Å²) in [6.45, 7) is 2.63. The van der Waals surface area contributed by atoms with Gasteiger partial charge in [-0.2, -0.15) is 4.39 Å². The van der Waals surface area contributed by atoms with Crippen molar-refractivity contribution in [2.45, 2.75) is 13.0 Å². The van der Waals surface area contributed by atoms with Crippen LogP contribution in [-0.2, 0) is 0 Å². The van der Waals surface area contributed by atoms with E-state index in [1.165, 1.54) is 12.1 Å². The Bertz CT molecular complexity index is 387. The molecule has 0 aliphatic heterocycles. The van der Waals surface area contributed by atoms with E-state index in [9.17, 15) is 8.78 Å². The molecular formula is C12H13F2NO. The van der Waals surface area contributed by atoms with Gasteiger partial charge in [-0.25, -0.2) is 4.39 Å². The quantitative estimate of drug-likeness (QED) is 0.611. The van der Waals surface area contributed by atoms with E-state index in [-0.39, 0.29) is 11.9 Å². The largest absolute Gasteiger partial charge is 0.486 e. The van der Waals surface area contributed by atoms with Crippen LogP contribution < -0.4 is 10.1 Å². The molecule has 1 aromatic carbocycles. The Labute approximate surface area is 93.6 Å². The van der Waals surface area contributed by atoms with Gasteiger partial charge in [0.15, 0.2) is 11.6 Å². The van der Waals surface area contributed by atoms with E-state index in [0.29, 0.717) is 13.1 Å². The van der Waals surface area contributed by atoms with E-state index >= 15 is 0 Å². The first kappa shape index (κ1) is 12.5. The molecule has 4 heteroatoms. The fourth-order valence-corrected chi connectivity index (χ4v) is 1.18. The maximum absolute atomic E-state index is 13.2. The van der Waals surface area contributed by atoms with E-state index < -0.39 is 11.6 Å². The summed E-state index contributed by atoms with van der Waals surface area (Å²) in [5.41, 5.74) is 0. The summed E-state index contributed by atoms with van der Waals surface area (Å²) in [5.74, 6) is 0.437. The van der Waals surface area contributed by atoms with Crippen molar-refractivity contribution in [2.75, 3.05) is 13.1 Å². The van der Waals surface area contributed by atoms with Crippen LogP contribution in [-0.4, -0.2) is 19.2 Å². The molecule has 0 aliphatic rings. The first-order valence-corrected chi connectivity index (χ1v) is 4.90. The molecule has 0 radical (unpaired) electrons. The monoisotopic (exact) mass is 225 g/mol. The smallest absolute Gasteiger partial charge is 0.200 e. The van der Waals surface area contributed by atoms with Gasteiger partial charge in [-0.1, -0.05) is 12.0 Å². The van der Waals surface area contributed by atoms with E-state index in [4.69, 9.17) is 11.2 Å². The van der Waals surface area contributed by atoms with Gasteiger partial charge in [-0.3, -0.25) is 0 Å². The lowest BCUT2D eigenvalue weighted by atomic mass is 10.3. The molecule has 2 nitrogen and oxygen atoms in total. The van der Waals surface area contributed by atoms with Gasteiger partial charge in [0.2, 0.25) is 5.82 Å². The fraction of sp³-hybridized carbons (Fsp3) is 0.333. The van der Waals surface area contributed by atoms with Crippen molar-refractivity contribution in [3.05, 3.63) is 29.8 Å². The SMILES string of the molecule is C#CCNCC(C)Oc1cccc(F)c1F. The minimum Gasteiger partial charge on any atom is -0.486 e. The topological polar surface area (TPSA) is 21.3 Å². The third-order valence-corrected chi connectivity index (χ3v) is 1.90. The van der Waals surface area contributed by atoms with Gasteiger partial charge in [0.05, 0.1) is 6.54 Å². The van der Waals surface area contributed by atoms with Gasteiger partial charge in [0.25, 0.3) is 0 Å². The second kappa shape index (κ2) is 6.09. The van der Waals surface area contributed by atoms with Crippen LogP contribution in [0.4, 0.5) is 8.78 Å². The highest BCUT2D eigenvalue weighted by atomic mass is 19.2. The zero-order valence-corrected chi connectivity index (χ0v) is 8.97. The van der Waals surface area contributed by atoms with Crippen molar-refractivity contribution in [2.24, 2.45) is 0 Å². The Morgan fingerprint density at radius 2 is 2.25 bits per heavy atom. The van der Waals surface area contributed by atoms with E-state index in [0.717, 1.165) is 6.07 Å². The molecule has 1 N–H and O–H groups in total. The average molecular weight is 225 g/mol. The highest BCUT2D eigenvalue weighted by molar-refractivity contribution is 5.25. The lowest BCUT2D eigenvalue weighted by Gasteiger charge is -2.15. The summed E-state index contributed by atoms with van der Waals surface area (Å²) in [7, 11) is 0. The number of rotatable bonds is 5. The zero-order chi connectivity index (χ0) is 12.0. The molecule has 0 bridgehead atoms. The Morgan fingerprint density at radius 3 is 2.94 bits per heavy atom. The van der Waals surface area contributed by atoms with Crippen LogP contribution in [0.1, 0.15) is 6.92 Å². The highest BCUT2D eigenvalue weighted by Crippen LogP contribution is 2.20. The predicted octanol–water partition coefficient (Wildman–Crippen LogP) is 1.95. The molecule has 1 atom stereocenters. The van der Waals surface area contributed by atoms with Crippen molar-refractivity contribution in [1.29, 1.82) is 0 Å². The molecule has 0 saturated carbocycles. The summed E-state index contributed by atoms with van der Waals surface area (Å²) in [6.07, 6.45) is 4.76. The van der Waals surface area contributed by atoms with Crippen LogP contribution >= 0.6 is 0 Å². The Kier molecular flexibility index (Phi) is 4.74. The number of terminal acetylenes is 1. The van der Waals surface area contributed by atoms with Gasteiger partial charge in [-0.05, 0) is 19.1 Å². The first-order chi connectivity index (χ1) is 7.65. The number of halogens is 2. The molecule has 0 fully saturated rings. The van der Waals surface area contributed by atoms with Crippen LogP contribution in [0.25, 0.3) is 0 Å². The van der Waals surface area contributed by atoms with E-state index in [1.54, 1.807) is 6.92 Å². The third kappa shape index (κ3) is 3.52. The average Bonchev–Trinajstić information content (AvgIpc) is 2.25. The van der Waals surface area contributed by atoms with Gasteiger partial charge < -0.3 is 10.1 Å². The van der Waals surface area contributed by atoms with Crippen molar-refractivity contribution < 1.29 is 13.5 Å². The molecular weight excluding hydrogens is 212 g/mol. The van der Waals surface area contributed by atoms with Crippen LogP contribution in [0.5, 0.6) is 5.75 Å². The molecule has 0 amide bonds. The Morgan fingerprint density at radius 1 is 1.50 bits per heavy atom. The summed E-state index contributed by atoms with van der Waals surface area (Å²) in [6, 6.07) is 3.83. The third-order valence-electron chi connectivity index (χ3n) is 1.90. The maximum Gasteiger partial charge on any atom is 0.200 e. The zero-order valence-electron chi connectivity index (χ0n) is 8.97. The summed E-state index contributed by atoms with van der Waals surface area (Å²) in [4.78, 5) is 0. The molecule has 0 heterocycles. The number of benzene rings is 1. The van der Waals surface area contributed by atoms with Gasteiger partial charge in [-0.15, -0.1) is 6.42 Å². The van der Waals surface area contributed by atoms with E-state index in [2.05, 4.69) is 11.2 Å². The number of hydrogen-bond donors (Lipinski definition) is 1. The molecule has 86 valence electrons. The second-order valence-electron chi connectivity index (χ2n) is 3.32. The standard InChI is InChI=1S/C12H13F2NO/c1-3-7-15-8-9(2)16-11-6-4-5-10(13)12(11)14/h1,4-6,9,15H,7-8H2,2H3. The van der Waals surface area contributed by atoms with Crippen LogP contribution in [0.15, 0.2) is 18.2 Å². The van der Waals surface area contributed by atoms with Crippen molar-refractivity contribution in [1.82, 2.24) is 5.32 Å². The summed E-state index contributed by atoms with van der Waals surface area (Å²) < 4.78 is 31.3. The summed E-state index contributed by atoms with van der Waals surface area (Å²) >= 11 is 0.